The third kappa shape index (κ3) is 3.03. The Labute approximate surface area is 156 Å². The summed E-state index contributed by atoms with van der Waals surface area (Å²) in [6.45, 7) is 1.83. The lowest BCUT2D eigenvalue weighted by Gasteiger charge is -2.58. The number of anilines is 1. The maximum atomic E-state index is 12.8. The van der Waals surface area contributed by atoms with Crippen molar-refractivity contribution in [2.24, 2.45) is 10.8 Å². The Hall–Kier alpha value is -2.96. The van der Waals surface area contributed by atoms with E-state index in [1.807, 2.05) is 6.92 Å². The Bertz CT molecular complexity index is 885. The van der Waals surface area contributed by atoms with Gasteiger partial charge in [-0.25, -0.2) is 9.97 Å². The molecular weight excluding hydrogens is 346 g/mol. The number of carboxylic acids is 1. The molecule has 0 aliphatic heterocycles. The van der Waals surface area contributed by atoms with Crippen LogP contribution in [-0.2, 0) is 9.59 Å². The average Bonchev–Trinajstić information content (AvgIpc) is 2.56. The molecule has 0 saturated heterocycles. The van der Waals surface area contributed by atoms with Gasteiger partial charge >= 0.3 is 12.0 Å². The summed E-state index contributed by atoms with van der Waals surface area (Å²) < 4.78 is 5.58. The number of nitrogens with zero attached hydrogens (tertiary/aromatic N) is 2. The van der Waals surface area contributed by atoms with Crippen LogP contribution in [0.25, 0.3) is 0 Å². The first-order valence-corrected chi connectivity index (χ1v) is 9.03. The van der Waals surface area contributed by atoms with Crippen LogP contribution < -0.4 is 10.1 Å². The summed E-state index contributed by atoms with van der Waals surface area (Å²) in [6, 6.07) is 7.09. The molecule has 0 unspecified atom stereocenters. The lowest BCUT2D eigenvalue weighted by molar-refractivity contribution is -0.178. The van der Waals surface area contributed by atoms with E-state index < -0.39 is 17.3 Å². The molecular formula is C20H21N3O4. The highest BCUT2D eigenvalue weighted by Crippen LogP contribution is 2.64. The van der Waals surface area contributed by atoms with Gasteiger partial charge in [0.1, 0.15) is 11.2 Å². The zero-order chi connectivity index (χ0) is 19.1. The first-order chi connectivity index (χ1) is 12.9. The Morgan fingerprint density at radius 2 is 1.89 bits per heavy atom. The quantitative estimate of drug-likeness (QED) is 0.784. The minimum absolute atomic E-state index is 0.0815. The Kier molecular flexibility index (Phi) is 4.09. The molecule has 4 rings (SSSR count). The number of carbonyl (C=O) groups excluding carboxylic acids is 1. The number of ether oxygens (including phenoxy) is 1. The highest BCUT2D eigenvalue weighted by atomic mass is 16.5. The van der Waals surface area contributed by atoms with Crippen molar-refractivity contribution in [1.82, 2.24) is 9.97 Å². The molecule has 2 fully saturated rings. The number of amides is 1. The highest BCUT2D eigenvalue weighted by Gasteiger charge is 2.65. The van der Waals surface area contributed by atoms with Crippen molar-refractivity contribution >= 4 is 17.6 Å². The Morgan fingerprint density at radius 1 is 1.19 bits per heavy atom. The van der Waals surface area contributed by atoms with Crippen LogP contribution in [-0.4, -0.2) is 27.0 Å². The Balaban J connectivity index is 1.47. The maximum Gasteiger partial charge on any atom is 0.321 e. The summed E-state index contributed by atoms with van der Waals surface area (Å²) in [6.07, 6.45) is 7.23. The van der Waals surface area contributed by atoms with E-state index in [0.717, 1.165) is 24.8 Å². The van der Waals surface area contributed by atoms with Gasteiger partial charge in [-0.15, -0.1) is 0 Å². The van der Waals surface area contributed by atoms with Gasteiger partial charge in [0.2, 0.25) is 5.91 Å². The predicted molar refractivity (Wildman–Crippen MR) is 97.5 cm³/mol. The summed E-state index contributed by atoms with van der Waals surface area (Å²) in [5.41, 5.74) is 0.129. The minimum atomic E-state index is -1.31. The standard InChI is InChI=1S/C20H21N3O4/c1-13-10-14(27-18-21-8-3-9-22-18)4-5-15(13)23-16(24)20(17(25)26)11-19(12-20)6-2-7-19/h3-5,8-10H,2,6-7,11-12H2,1H3,(H,23,24)(H,25,26). The molecule has 140 valence electrons. The van der Waals surface area contributed by atoms with Crippen molar-refractivity contribution in [3.63, 3.8) is 0 Å². The molecule has 2 aromatic rings. The van der Waals surface area contributed by atoms with Crippen LogP contribution in [0.2, 0.25) is 0 Å². The molecule has 7 nitrogen and oxygen atoms in total. The lowest BCUT2D eigenvalue weighted by Crippen LogP contribution is -2.59. The molecule has 2 saturated carbocycles. The maximum absolute atomic E-state index is 12.8. The number of aliphatic carboxylic acids is 1. The molecule has 1 aromatic carbocycles. The average molecular weight is 367 g/mol. The van der Waals surface area contributed by atoms with E-state index in [1.54, 1.807) is 36.7 Å². The number of rotatable bonds is 5. The first kappa shape index (κ1) is 17.5. The fourth-order valence-corrected chi connectivity index (χ4v) is 4.19. The number of nitrogens with one attached hydrogen (secondary N) is 1. The number of benzene rings is 1. The van der Waals surface area contributed by atoms with E-state index in [2.05, 4.69) is 15.3 Å². The normalized spacial score (nSPS) is 18.9. The first-order valence-electron chi connectivity index (χ1n) is 9.03. The zero-order valence-electron chi connectivity index (χ0n) is 15.1. The number of hydrogen-bond acceptors (Lipinski definition) is 5. The second-order valence-electron chi connectivity index (χ2n) is 7.66. The molecule has 0 bridgehead atoms. The molecule has 27 heavy (non-hydrogen) atoms. The third-order valence-electron chi connectivity index (χ3n) is 5.81. The molecule has 0 atom stereocenters. The fraction of sp³-hybridized carbons (Fsp3) is 0.400. The van der Waals surface area contributed by atoms with Gasteiger partial charge in [0, 0.05) is 18.1 Å². The van der Waals surface area contributed by atoms with Crippen molar-refractivity contribution in [2.75, 3.05) is 5.32 Å². The molecule has 2 aliphatic rings. The number of aromatic nitrogens is 2. The molecule has 1 spiro atoms. The lowest BCUT2D eigenvalue weighted by atomic mass is 9.45. The van der Waals surface area contributed by atoms with Crippen LogP contribution in [0.5, 0.6) is 11.8 Å². The van der Waals surface area contributed by atoms with Gasteiger partial charge in [-0.1, -0.05) is 6.42 Å². The van der Waals surface area contributed by atoms with E-state index in [0.29, 0.717) is 24.3 Å². The number of aryl methyl sites for hydroxylation is 1. The Morgan fingerprint density at radius 3 is 2.44 bits per heavy atom. The minimum Gasteiger partial charge on any atom is -0.480 e. The van der Waals surface area contributed by atoms with Gasteiger partial charge in [-0.3, -0.25) is 9.59 Å². The van der Waals surface area contributed by atoms with E-state index in [9.17, 15) is 14.7 Å². The van der Waals surface area contributed by atoms with Gasteiger partial charge in [0.25, 0.3) is 0 Å². The molecule has 2 aliphatic carbocycles. The third-order valence-corrected chi connectivity index (χ3v) is 5.81. The van der Waals surface area contributed by atoms with E-state index in [4.69, 9.17) is 4.74 Å². The number of hydrogen-bond donors (Lipinski definition) is 2. The molecule has 2 N–H and O–H groups in total. The summed E-state index contributed by atoms with van der Waals surface area (Å²) in [5.74, 6) is -0.922. The highest BCUT2D eigenvalue weighted by molar-refractivity contribution is 6.09. The van der Waals surface area contributed by atoms with E-state index in [-0.39, 0.29) is 11.4 Å². The largest absolute Gasteiger partial charge is 0.480 e. The number of carboxylic acid groups (broad SMARTS) is 1. The summed E-state index contributed by atoms with van der Waals surface area (Å²) in [5, 5.41) is 12.5. The summed E-state index contributed by atoms with van der Waals surface area (Å²) in [4.78, 5) is 32.6. The van der Waals surface area contributed by atoms with Crippen molar-refractivity contribution in [1.29, 1.82) is 0 Å². The van der Waals surface area contributed by atoms with Crippen LogP contribution in [0, 0.1) is 17.8 Å². The second kappa shape index (κ2) is 6.33. The van der Waals surface area contributed by atoms with Crippen LogP contribution in [0.15, 0.2) is 36.7 Å². The van der Waals surface area contributed by atoms with Crippen molar-refractivity contribution < 1.29 is 19.4 Å². The molecule has 0 radical (unpaired) electrons. The van der Waals surface area contributed by atoms with E-state index >= 15 is 0 Å². The van der Waals surface area contributed by atoms with Gasteiger partial charge in [0.15, 0.2) is 0 Å². The van der Waals surface area contributed by atoms with Crippen molar-refractivity contribution in [3.05, 3.63) is 42.2 Å². The molecule has 7 heteroatoms. The van der Waals surface area contributed by atoms with E-state index in [1.165, 1.54) is 0 Å². The summed E-state index contributed by atoms with van der Waals surface area (Å²) in [7, 11) is 0. The van der Waals surface area contributed by atoms with Crippen LogP contribution in [0.4, 0.5) is 5.69 Å². The molecule has 1 aromatic heterocycles. The number of carbonyl (C=O) groups is 2. The smallest absolute Gasteiger partial charge is 0.321 e. The van der Waals surface area contributed by atoms with Crippen LogP contribution >= 0.6 is 0 Å². The van der Waals surface area contributed by atoms with Crippen molar-refractivity contribution in [3.8, 4) is 11.8 Å². The van der Waals surface area contributed by atoms with Gasteiger partial charge in [-0.2, -0.15) is 0 Å². The molecule has 1 amide bonds. The van der Waals surface area contributed by atoms with Crippen molar-refractivity contribution in [2.45, 2.75) is 39.0 Å². The monoisotopic (exact) mass is 367 g/mol. The van der Waals surface area contributed by atoms with Gasteiger partial charge < -0.3 is 15.2 Å². The molecule has 1 heterocycles. The van der Waals surface area contributed by atoms with Crippen LogP contribution in [0.3, 0.4) is 0 Å². The SMILES string of the molecule is Cc1cc(Oc2ncccn2)ccc1NC(=O)C1(C(=O)O)CC2(CCC2)C1. The van der Waals surface area contributed by atoms with Crippen LogP contribution in [0.1, 0.15) is 37.7 Å². The zero-order valence-corrected chi connectivity index (χ0v) is 15.1. The topological polar surface area (TPSA) is 101 Å². The van der Waals surface area contributed by atoms with Gasteiger partial charge in [0.05, 0.1) is 0 Å². The van der Waals surface area contributed by atoms with Gasteiger partial charge in [-0.05, 0) is 67.9 Å². The fourth-order valence-electron chi connectivity index (χ4n) is 4.19. The summed E-state index contributed by atoms with van der Waals surface area (Å²) >= 11 is 0. The predicted octanol–water partition coefficient (Wildman–Crippen LogP) is 3.55. The second-order valence-corrected chi connectivity index (χ2v) is 7.66.